The molecule has 0 aliphatic rings. The van der Waals surface area contributed by atoms with Gasteiger partial charge < -0.3 is 14.8 Å². The maximum atomic E-state index is 5.31. The third-order valence-electron chi connectivity index (χ3n) is 2.45. The van der Waals surface area contributed by atoms with E-state index >= 15 is 0 Å². The monoisotopic (exact) mass is 233 g/mol. The zero-order valence-electron chi connectivity index (χ0n) is 10.5. The SMILES string of the molecule is C=CC(=C)CNCc1ccc(OC)cc1OC. The molecule has 0 spiro atoms. The summed E-state index contributed by atoms with van der Waals surface area (Å²) < 4.78 is 10.5. The molecule has 0 aliphatic heterocycles. The van der Waals surface area contributed by atoms with Crippen molar-refractivity contribution in [2.75, 3.05) is 20.8 Å². The van der Waals surface area contributed by atoms with Gasteiger partial charge in [0.2, 0.25) is 0 Å². The lowest BCUT2D eigenvalue weighted by molar-refractivity contribution is 0.390. The van der Waals surface area contributed by atoms with Gasteiger partial charge in [-0.3, -0.25) is 0 Å². The molecule has 0 saturated heterocycles. The minimum Gasteiger partial charge on any atom is -0.497 e. The first-order valence-corrected chi connectivity index (χ1v) is 5.43. The Balaban J connectivity index is 2.64. The van der Waals surface area contributed by atoms with Crippen LogP contribution in [0.1, 0.15) is 5.56 Å². The lowest BCUT2D eigenvalue weighted by atomic mass is 10.2. The quantitative estimate of drug-likeness (QED) is 0.734. The lowest BCUT2D eigenvalue weighted by Gasteiger charge is -2.11. The smallest absolute Gasteiger partial charge is 0.127 e. The average molecular weight is 233 g/mol. The minimum absolute atomic E-state index is 0.721. The highest BCUT2D eigenvalue weighted by molar-refractivity contribution is 5.40. The Bertz CT molecular complexity index is 399. The van der Waals surface area contributed by atoms with Crippen molar-refractivity contribution in [2.45, 2.75) is 6.54 Å². The van der Waals surface area contributed by atoms with Crippen LogP contribution >= 0.6 is 0 Å². The molecule has 0 aliphatic carbocycles. The molecular formula is C14H19NO2. The second-order valence-corrected chi connectivity index (χ2v) is 3.64. The first-order chi connectivity index (χ1) is 8.21. The molecule has 3 heteroatoms. The summed E-state index contributed by atoms with van der Waals surface area (Å²) in [5.74, 6) is 1.61. The number of hydrogen-bond donors (Lipinski definition) is 1. The van der Waals surface area contributed by atoms with Crippen LogP contribution in [0.3, 0.4) is 0 Å². The maximum absolute atomic E-state index is 5.31. The Kier molecular flexibility index (Phi) is 5.30. The van der Waals surface area contributed by atoms with Crippen molar-refractivity contribution < 1.29 is 9.47 Å². The number of ether oxygens (including phenoxy) is 2. The van der Waals surface area contributed by atoms with Gasteiger partial charge in [0, 0.05) is 24.7 Å². The van der Waals surface area contributed by atoms with E-state index in [-0.39, 0.29) is 0 Å². The highest BCUT2D eigenvalue weighted by Gasteiger charge is 2.04. The number of rotatable bonds is 7. The molecule has 0 atom stereocenters. The third kappa shape index (κ3) is 3.96. The van der Waals surface area contributed by atoms with Crippen LogP contribution < -0.4 is 14.8 Å². The molecule has 0 bridgehead atoms. The van der Waals surface area contributed by atoms with Crippen LogP contribution in [0.4, 0.5) is 0 Å². The fourth-order valence-corrected chi connectivity index (χ4v) is 1.43. The molecule has 0 amide bonds. The van der Waals surface area contributed by atoms with Gasteiger partial charge in [-0.2, -0.15) is 0 Å². The number of benzene rings is 1. The summed E-state index contributed by atoms with van der Waals surface area (Å²) in [5.41, 5.74) is 2.06. The Morgan fingerprint density at radius 3 is 2.71 bits per heavy atom. The van der Waals surface area contributed by atoms with Crippen molar-refractivity contribution in [1.82, 2.24) is 5.32 Å². The van der Waals surface area contributed by atoms with E-state index in [1.165, 1.54) is 0 Å². The van der Waals surface area contributed by atoms with Crippen LogP contribution in [0.25, 0.3) is 0 Å². The van der Waals surface area contributed by atoms with Gasteiger partial charge in [0.05, 0.1) is 14.2 Å². The predicted molar refractivity (Wildman–Crippen MR) is 70.6 cm³/mol. The summed E-state index contributed by atoms with van der Waals surface area (Å²) in [5, 5.41) is 3.27. The van der Waals surface area contributed by atoms with Gasteiger partial charge in [0.1, 0.15) is 11.5 Å². The van der Waals surface area contributed by atoms with Crippen LogP contribution in [0, 0.1) is 0 Å². The van der Waals surface area contributed by atoms with Gasteiger partial charge in [0.25, 0.3) is 0 Å². The molecule has 1 aromatic carbocycles. The normalized spacial score (nSPS) is 9.76. The largest absolute Gasteiger partial charge is 0.497 e. The van der Waals surface area contributed by atoms with Crippen molar-refractivity contribution in [3.8, 4) is 11.5 Å². The van der Waals surface area contributed by atoms with E-state index in [0.717, 1.165) is 35.7 Å². The first kappa shape index (κ1) is 13.3. The number of nitrogens with one attached hydrogen (secondary N) is 1. The zero-order chi connectivity index (χ0) is 12.7. The van der Waals surface area contributed by atoms with E-state index < -0.39 is 0 Å². The zero-order valence-corrected chi connectivity index (χ0v) is 10.5. The second kappa shape index (κ2) is 6.76. The molecule has 3 nitrogen and oxygen atoms in total. The van der Waals surface area contributed by atoms with E-state index in [1.54, 1.807) is 20.3 Å². The summed E-state index contributed by atoms with van der Waals surface area (Å²) in [6.45, 7) is 8.95. The van der Waals surface area contributed by atoms with Gasteiger partial charge >= 0.3 is 0 Å². The van der Waals surface area contributed by atoms with E-state index in [9.17, 15) is 0 Å². The molecular weight excluding hydrogens is 214 g/mol. The van der Waals surface area contributed by atoms with Gasteiger partial charge in [-0.1, -0.05) is 25.3 Å². The van der Waals surface area contributed by atoms with Gasteiger partial charge in [0.15, 0.2) is 0 Å². The van der Waals surface area contributed by atoms with Crippen molar-refractivity contribution in [3.05, 3.63) is 48.6 Å². The van der Waals surface area contributed by atoms with Gasteiger partial charge in [-0.15, -0.1) is 0 Å². The summed E-state index contributed by atoms with van der Waals surface area (Å²) in [4.78, 5) is 0. The van der Waals surface area contributed by atoms with Crippen molar-refractivity contribution in [3.63, 3.8) is 0 Å². The molecule has 0 aromatic heterocycles. The molecule has 1 N–H and O–H groups in total. The van der Waals surface area contributed by atoms with Crippen molar-refractivity contribution in [2.24, 2.45) is 0 Å². The van der Waals surface area contributed by atoms with E-state index in [4.69, 9.17) is 9.47 Å². The average Bonchev–Trinajstić information content (AvgIpc) is 2.38. The fraction of sp³-hybridized carbons (Fsp3) is 0.286. The topological polar surface area (TPSA) is 30.5 Å². The van der Waals surface area contributed by atoms with Crippen LogP contribution in [-0.4, -0.2) is 20.8 Å². The molecule has 1 rings (SSSR count). The fourth-order valence-electron chi connectivity index (χ4n) is 1.43. The Morgan fingerprint density at radius 2 is 2.12 bits per heavy atom. The van der Waals surface area contributed by atoms with E-state index in [2.05, 4.69) is 18.5 Å². The van der Waals surface area contributed by atoms with Crippen molar-refractivity contribution >= 4 is 0 Å². The lowest BCUT2D eigenvalue weighted by Crippen LogP contribution is -2.16. The number of methoxy groups -OCH3 is 2. The Labute approximate surface area is 103 Å². The molecule has 0 fully saturated rings. The predicted octanol–water partition coefficient (Wildman–Crippen LogP) is 2.54. The standard InChI is InChI=1S/C14H19NO2/c1-5-11(2)9-15-10-12-6-7-13(16-3)8-14(12)17-4/h5-8,15H,1-2,9-10H2,3-4H3. The number of hydrogen-bond acceptors (Lipinski definition) is 3. The van der Waals surface area contributed by atoms with E-state index in [1.807, 2.05) is 18.2 Å². The molecule has 0 unspecified atom stereocenters. The molecule has 0 radical (unpaired) electrons. The molecule has 92 valence electrons. The Morgan fingerprint density at radius 1 is 1.35 bits per heavy atom. The minimum atomic E-state index is 0.721. The van der Waals surface area contributed by atoms with Gasteiger partial charge in [-0.05, 0) is 11.6 Å². The molecule has 17 heavy (non-hydrogen) atoms. The van der Waals surface area contributed by atoms with Crippen LogP contribution in [0.15, 0.2) is 43.0 Å². The molecule has 0 saturated carbocycles. The first-order valence-electron chi connectivity index (χ1n) is 5.43. The third-order valence-corrected chi connectivity index (χ3v) is 2.45. The van der Waals surface area contributed by atoms with Crippen LogP contribution in [-0.2, 0) is 6.54 Å². The molecule has 1 aromatic rings. The maximum Gasteiger partial charge on any atom is 0.127 e. The van der Waals surface area contributed by atoms with Crippen LogP contribution in [0.2, 0.25) is 0 Å². The highest BCUT2D eigenvalue weighted by atomic mass is 16.5. The Hall–Kier alpha value is -1.74. The summed E-state index contributed by atoms with van der Waals surface area (Å²) in [6.07, 6.45) is 1.75. The summed E-state index contributed by atoms with van der Waals surface area (Å²) in [6, 6.07) is 5.78. The summed E-state index contributed by atoms with van der Waals surface area (Å²) >= 11 is 0. The molecule has 0 heterocycles. The van der Waals surface area contributed by atoms with Crippen molar-refractivity contribution in [1.29, 1.82) is 0 Å². The summed E-state index contributed by atoms with van der Waals surface area (Å²) in [7, 11) is 3.29. The highest BCUT2D eigenvalue weighted by Crippen LogP contribution is 2.24. The van der Waals surface area contributed by atoms with Gasteiger partial charge in [-0.25, -0.2) is 0 Å². The van der Waals surface area contributed by atoms with Crippen LogP contribution in [0.5, 0.6) is 11.5 Å². The second-order valence-electron chi connectivity index (χ2n) is 3.64. The van der Waals surface area contributed by atoms with E-state index in [0.29, 0.717) is 0 Å².